The van der Waals surface area contributed by atoms with E-state index in [0.717, 1.165) is 36.8 Å². The fourth-order valence-corrected chi connectivity index (χ4v) is 2.59. The Bertz CT molecular complexity index is 409. The number of ether oxygens (including phenoxy) is 1. The van der Waals surface area contributed by atoms with Crippen LogP contribution in [0.25, 0.3) is 0 Å². The van der Waals surface area contributed by atoms with Gasteiger partial charge in [0.25, 0.3) is 0 Å². The first kappa shape index (κ1) is 13.3. The van der Waals surface area contributed by atoms with Gasteiger partial charge in [-0.25, -0.2) is 4.98 Å². The predicted octanol–water partition coefficient (Wildman–Crippen LogP) is 3.33. The SMILES string of the molecule is Cc1cc(C2(O)CCCCC2)cnc1OC(C)C. The summed E-state index contributed by atoms with van der Waals surface area (Å²) < 4.78 is 5.63. The first-order valence-electron chi connectivity index (χ1n) is 6.87. The van der Waals surface area contributed by atoms with Crippen LogP contribution in [0.1, 0.15) is 57.1 Å². The van der Waals surface area contributed by atoms with Crippen LogP contribution in [-0.2, 0) is 5.60 Å². The molecule has 1 N–H and O–H groups in total. The molecule has 0 radical (unpaired) electrons. The minimum atomic E-state index is -0.674. The highest BCUT2D eigenvalue weighted by atomic mass is 16.5. The lowest BCUT2D eigenvalue weighted by atomic mass is 9.80. The number of aromatic nitrogens is 1. The van der Waals surface area contributed by atoms with Gasteiger partial charge in [-0.2, -0.15) is 0 Å². The van der Waals surface area contributed by atoms with E-state index in [1.54, 1.807) is 6.20 Å². The van der Waals surface area contributed by atoms with Crippen molar-refractivity contribution >= 4 is 0 Å². The number of pyridine rings is 1. The Hall–Kier alpha value is -1.09. The van der Waals surface area contributed by atoms with Gasteiger partial charge in [0.15, 0.2) is 0 Å². The second-order valence-corrected chi connectivity index (χ2v) is 5.60. The van der Waals surface area contributed by atoms with Crippen LogP contribution >= 0.6 is 0 Å². The van der Waals surface area contributed by atoms with Crippen LogP contribution in [0, 0.1) is 6.92 Å². The van der Waals surface area contributed by atoms with Crippen molar-refractivity contribution in [3.63, 3.8) is 0 Å². The molecule has 18 heavy (non-hydrogen) atoms. The maximum atomic E-state index is 10.7. The highest BCUT2D eigenvalue weighted by Crippen LogP contribution is 2.37. The topological polar surface area (TPSA) is 42.4 Å². The Morgan fingerprint density at radius 3 is 2.50 bits per heavy atom. The molecule has 1 saturated carbocycles. The lowest BCUT2D eigenvalue weighted by Crippen LogP contribution is -2.28. The number of nitrogens with zero attached hydrogens (tertiary/aromatic N) is 1. The van der Waals surface area contributed by atoms with Crippen LogP contribution in [0.3, 0.4) is 0 Å². The van der Waals surface area contributed by atoms with E-state index in [0.29, 0.717) is 5.88 Å². The third-order valence-corrected chi connectivity index (χ3v) is 3.60. The molecule has 1 fully saturated rings. The van der Waals surface area contributed by atoms with Crippen LogP contribution < -0.4 is 4.74 Å². The zero-order valence-corrected chi connectivity index (χ0v) is 11.6. The molecular weight excluding hydrogens is 226 g/mol. The number of aliphatic hydroxyl groups is 1. The van der Waals surface area contributed by atoms with Gasteiger partial charge in [-0.1, -0.05) is 19.3 Å². The molecule has 1 aromatic rings. The smallest absolute Gasteiger partial charge is 0.216 e. The van der Waals surface area contributed by atoms with Gasteiger partial charge in [0.2, 0.25) is 5.88 Å². The molecule has 1 aliphatic carbocycles. The van der Waals surface area contributed by atoms with Crippen molar-refractivity contribution in [2.75, 3.05) is 0 Å². The average molecular weight is 249 g/mol. The molecule has 0 aromatic carbocycles. The lowest BCUT2D eigenvalue weighted by Gasteiger charge is -2.32. The van der Waals surface area contributed by atoms with Gasteiger partial charge in [-0.05, 0) is 39.7 Å². The molecule has 0 spiro atoms. The minimum Gasteiger partial charge on any atom is -0.475 e. The fraction of sp³-hybridized carbons (Fsp3) is 0.667. The van der Waals surface area contributed by atoms with Gasteiger partial charge in [0, 0.05) is 17.3 Å². The minimum absolute atomic E-state index is 0.125. The summed E-state index contributed by atoms with van der Waals surface area (Å²) >= 11 is 0. The Morgan fingerprint density at radius 1 is 1.28 bits per heavy atom. The molecule has 1 heterocycles. The van der Waals surface area contributed by atoms with Crippen molar-refractivity contribution in [3.05, 3.63) is 23.4 Å². The molecule has 0 bridgehead atoms. The van der Waals surface area contributed by atoms with Crippen molar-refractivity contribution in [2.45, 2.75) is 64.6 Å². The second-order valence-electron chi connectivity index (χ2n) is 5.60. The van der Waals surface area contributed by atoms with Gasteiger partial charge in [0.05, 0.1) is 11.7 Å². The molecule has 100 valence electrons. The third-order valence-electron chi connectivity index (χ3n) is 3.60. The standard InChI is InChI=1S/C15H23NO2/c1-11(2)18-14-12(3)9-13(10-16-14)15(17)7-5-4-6-8-15/h9-11,17H,4-8H2,1-3H3. The van der Waals surface area contributed by atoms with Crippen molar-refractivity contribution in [1.29, 1.82) is 0 Å². The van der Waals surface area contributed by atoms with Gasteiger partial charge >= 0.3 is 0 Å². The number of hydrogen-bond acceptors (Lipinski definition) is 3. The maximum Gasteiger partial charge on any atom is 0.216 e. The Balaban J connectivity index is 2.22. The fourth-order valence-electron chi connectivity index (χ4n) is 2.59. The van der Waals surface area contributed by atoms with Crippen molar-refractivity contribution in [1.82, 2.24) is 4.98 Å². The van der Waals surface area contributed by atoms with Crippen LogP contribution in [0.4, 0.5) is 0 Å². The normalized spacial score (nSPS) is 18.9. The van der Waals surface area contributed by atoms with Crippen molar-refractivity contribution in [2.24, 2.45) is 0 Å². The summed E-state index contributed by atoms with van der Waals surface area (Å²) in [5, 5.41) is 10.7. The summed E-state index contributed by atoms with van der Waals surface area (Å²) in [4.78, 5) is 4.36. The zero-order valence-electron chi connectivity index (χ0n) is 11.6. The summed E-state index contributed by atoms with van der Waals surface area (Å²) in [6.07, 6.45) is 7.01. The first-order valence-corrected chi connectivity index (χ1v) is 6.87. The zero-order chi connectivity index (χ0) is 13.2. The largest absolute Gasteiger partial charge is 0.475 e. The Labute approximate surface area is 109 Å². The van der Waals surface area contributed by atoms with E-state index in [4.69, 9.17) is 4.74 Å². The molecule has 0 atom stereocenters. The monoisotopic (exact) mass is 249 g/mol. The second kappa shape index (κ2) is 5.27. The third kappa shape index (κ3) is 2.83. The van der Waals surface area contributed by atoms with Gasteiger partial charge in [0.1, 0.15) is 0 Å². The van der Waals surface area contributed by atoms with Crippen molar-refractivity contribution < 1.29 is 9.84 Å². The van der Waals surface area contributed by atoms with E-state index in [9.17, 15) is 5.11 Å². The molecule has 3 heteroatoms. The molecule has 2 rings (SSSR count). The van der Waals surface area contributed by atoms with Crippen LogP contribution in [0.5, 0.6) is 5.88 Å². The highest BCUT2D eigenvalue weighted by molar-refractivity contribution is 5.32. The maximum absolute atomic E-state index is 10.7. The molecule has 0 amide bonds. The van der Waals surface area contributed by atoms with Crippen molar-refractivity contribution in [3.8, 4) is 5.88 Å². The van der Waals surface area contributed by atoms with E-state index in [1.807, 2.05) is 26.8 Å². The first-order chi connectivity index (χ1) is 8.51. The summed E-state index contributed by atoms with van der Waals surface area (Å²) in [7, 11) is 0. The summed E-state index contributed by atoms with van der Waals surface area (Å²) in [5.41, 5.74) is 1.27. The van der Waals surface area contributed by atoms with Crippen LogP contribution in [-0.4, -0.2) is 16.2 Å². The van der Waals surface area contributed by atoms with Gasteiger partial charge in [-0.15, -0.1) is 0 Å². The lowest BCUT2D eigenvalue weighted by molar-refractivity contribution is -0.00107. The van der Waals surface area contributed by atoms with E-state index in [-0.39, 0.29) is 6.10 Å². The molecule has 0 saturated heterocycles. The Kier molecular flexibility index (Phi) is 3.91. The molecule has 1 aliphatic rings. The number of aryl methyl sites for hydroxylation is 1. The molecular formula is C15H23NO2. The van der Waals surface area contributed by atoms with E-state index >= 15 is 0 Å². The highest BCUT2D eigenvalue weighted by Gasteiger charge is 2.31. The molecule has 0 unspecified atom stereocenters. The quantitative estimate of drug-likeness (QED) is 0.893. The molecule has 1 aromatic heterocycles. The molecule has 0 aliphatic heterocycles. The van der Waals surface area contributed by atoms with E-state index in [2.05, 4.69) is 4.98 Å². The van der Waals surface area contributed by atoms with Gasteiger partial charge < -0.3 is 9.84 Å². The van der Waals surface area contributed by atoms with E-state index < -0.39 is 5.60 Å². The predicted molar refractivity (Wildman–Crippen MR) is 71.7 cm³/mol. The summed E-state index contributed by atoms with van der Waals surface area (Å²) in [5.74, 6) is 0.674. The molecule has 3 nitrogen and oxygen atoms in total. The van der Waals surface area contributed by atoms with Gasteiger partial charge in [-0.3, -0.25) is 0 Å². The summed E-state index contributed by atoms with van der Waals surface area (Å²) in [6, 6.07) is 2.02. The average Bonchev–Trinajstić information content (AvgIpc) is 2.32. The Morgan fingerprint density at radius 2 is 1.94 bits per heavy atom. The van der Waals surface area contributed by atoms with Crippen LogP contribution in [0.2, 0.25) is 0 Å². The number of hydrogen-bond donors (Lipinski definition) is 1. The van der Waals surface area contributed by atoms with Crippen LogP contribution in [0.15, 0.2) is 12.3 Å². The summed E-state index contributed by atoms with van der Waals surface area (Å²) in [6.45, 7) is 5.97. The van der Waals surface area contributed by atoms with E-state index in [1.165, 1.54) is 6.42 Å². The number of rotatable bonds is 3.